The molecule has 1 unspecified atom stereocenters. The zero-order valence-electron chi connectivity index (χ0n) is 8.78. The van der Waals surface area contributed by atoms with Gasteiger partial charge in [-0.3, -0.25) is 4.79 Å². The van der Waals surface area contributed by atoms with E-state index in [0.29, 0.717) is 19.4 Å². The Hall–Kier alpha value is -1.06. The largest absolute Gasteiger partial charge is 0.467 e. The molecule has 4 heteroatoms. The molecule has 0 aliphatic carbocycles. The third kappa shape index (κ3) is 2.25. The highest BCUT2D eigenvalue weighted by molar-refractivity contribution is 5.85. The van der Waals surface area contributed by atoms with Crippen molar-refractivity contribution in [2.45, 2.75) is 38.6 Å². The number of carbonyl (C=O) groups excluding carboxylic acids is 2. The van der Waals surface area contributed by atoms with Crippen LogP contribution in [0.3, 0.4) is 0 Å². The first kappa shape index (κ1) is 11.0. The maximum Gasteiger partial charge on any atom is 0.328 e. The van der Waals surface area contributed by atoms with Crippen molar-refractivity contribution in [3.05, 3.63) is 0 Å². The molecular weight excluding hydrogens is 182 g/mol. The van der Waals surface area contributed by atoms with Gasteiger partial charge in [-0.05, 0) is 12.8 Å². The highest BCUT2D eigenvalue weighted by Gasteiger charge is 2.32. The van der Waals surface area contributed by atoms with Crippen molar-refractivity contribution in [2.24, 2.45) is 0 Å². The van der Waals surface area contributed by atoms with Crippen LogP contribution in [-0.2, 0) is 14.3 Å². The van der Waals surface area contributed by atoms with Crippen molar-refractivity contribution >= 4 is 11.9 Å². The predicted molar refractivity (Wildman–Crippen MR) is 51.7 cm³/mol. The van der Waals surface area contributed by atoms with Crippen molar-refractivity contribution < 1.29 is 14.3 Å². The molecule has 4 nitrogen and oxygen atoms in total. The van der Waals surface area contributed by atoms with E-state index in [1.54, 1.807) is 4.90 Å². The molecular formula is C10H17NO3. The molecule has 1 heterocycles. The van der Waals surface area contributed by atoms with Gasteiger partial charge in [0.1, 0.15) is 6.04 Å². The fourth-order valence-corrected chi connectivity index (χ4v) is 1.81. The standard InChI is InChI=1S/C10H17NO3/c1-3-5-8(10(13)14-2)11-7-4-6-9(11)12/h8H,3-7H2,1-2H3. The summed E-state index contributed by atoms with van der Waals surface area (Å²) in [4.78, 5) is 24.5. The number of ether oxygens (including phenoxy) is 1. The monoisotopic (exact) mass is 199 g/mol. The van der Waals surface area contributed by atoms with Crippen LogP contribution in [0, 0.1) is 0 Å². The summed E-state index contributed by atoms with van der Waals surface area (Å²) in [5.74, 6) is -0.212. The number of methoxy groups -OCH3 is 1. The molecule has 1 rings (SSSR count). The Bertz CT molecular complexity index is 227. The van der Waals surface area contributed by atoms with Gasteiger partial charge in [-0.1, -0.05) is 13.3 Å². The van der Waals surface area contributed by atoms with E-state index in [2.05, 4.69) is 0 Å². The van der Waals surface area contributed by atoms with E-state index in [4.69, 9.17) is 4.74 Å². The van der Waals surface area contributed by atoms with E-state index < -0.39 is 0 Å². The summed E-state index contributed by atoms with van der Waals surface area (Å²) < 4.78 is 4.69. The third-order valence-electron chi connectivity index (χ3n) is 2.52. The topological polar surface area (TPSA) is 46.6 Å². The van der Waals surface area contributed by atoms with Gasteiger partial charge in [0.25, 0.3) is 0 Å². The van der Waals surface area contributed by atoms with Crippen LogP contribution in [0.15, 0.2) is 0 Å². The van der Waals surface area contributed by atoms with Gasteiger partial charge in [0.05, 0.1) is 7.11 Å². The van der Waals surface area contributed by atoms with Gasteiger partial charge in [0, 0.05) is 13.0 Å². The number of amides is 1. The van der Waals surface area contributed by atoms with E-state index in [9.17, 15) is 9.59 Å². The number of esters is 1. The fourth-order valence-electron chi connectivity index (χ4n) is 1.81. The Kier molecular flexibility index (Phi) is 3.92. The first-order chi connectivity index (χ1) is 6.70. The molecule has 80 valence electrons. The minimum absolute atomic E-state index is 0.0776. The van der Waals surface area contributed by atoms with E-state index >= 15 is 0 Å². The maximum atomic E-state index is 11.4. The predicted octanol–water partition coefficient (Wildman–Crippen LogP) is 0.950. The summed E-state index contributed by atoms with van der Waals surface area (Å²) in [6.45, 7) is 2.69. The number of nitrogens with zero attached hydrogens (tertiary/aromatic N) is 1. The SMILES string of the molecule is CCCC(C(=O)OC)N1CCCC1=O. The second-order valence-corrected chi connectivity index (χ2v) is 3.52. The summed E-state index contributed by atoms with van der Waals surface area (Å²) in [6, 6.07) is -0.361. The lowest BCUT2D eigenvalue weighted by Gasteiger charge is -2.24. The van der Waals surface area contributed by atoms with Crippen LogP contribution in [0.5, 0.6) is 0 Å². The number of rotatable bonds is 4. The van der Waals surface area contributed by atoms with Crippen molar-refractivity contribution in [2.75, 3.05) is 13.7 Å². The molecule has 0 radical (unpaired) electrons. The van der Waals surface area contributed by atoms with E-state index in [1.165, 1.54) is 7.11 Å². The molecule has 14 heavy (non-hydrogen) atoms. The number of carbonyl (C=O) groups is 2. The molecule has 0 bridgehead atoms. The third-order valence-corrected chi connectivity index (χ3v) is 2.52. The van der Waals surface area contributed by atoms with Gasteiger partial charge in [-0.25, -0.2) is 4.79 Å². The van der Waals surface area contributed by atoms with Crippen LogP contribution in [0.2, 0.25) is 0 Å². The lowest BCUT2D eigenvalue weighted by atomic mass is 10.1. The molecule has 0 aromatic heterocycles. The molecule has 0 aromatic carbocycles. The van der Waals surface area contributed by atoms with Crippen molar-refractivity contribution in [1.29, 1.82) is 0 Å². The van der Waals surface area contributed by atoms with Crippen LogP contribution >= 0.6 is 0 Å². The van der Waals surface area contributed by atoms with Gasteiger partial charge < -0.3 is 9.64 Å². The highest BCUT2D eigenvalue weighted by Crippen LogP contribution is 2.17. The lowest BCUT2D eigenvalue weighted by Crippen LogP contribution is -2.42. The molecule has 1 aliphatic heterocycles. The molecule has 0 N–H and O–H groups in total. The second-order valence-electron chi connectivity index (χ2n) is 3.52. The normalized spacial score (nSPS) is 18.4. The first-order valence-electron chi connectivity index (χ1n) is 5.08. The quantitative estimate of drug-likeness (QED) is 0.633. The van der Waals surface area contributed by atoms with Crippen LogP contribution in [0.4, 0.5) is 0 Å². The molecule has 1 fully saturated rings. The Morgan fingerprint density at radius 3 is 2.79 bits per heavy atom. The second kappa shape index (κ2) is 4.98. The van der Waals surface area contributed by atoms with Gasteiger partial charge in [-0.15, -0.1) is 0 Å². The van der Waals surface area contributed by atoms with Gasteiger partial charge in [0.15, 0.2) is 0 Å². The average Bonchev–Trinajstić information content (AvgIpc) is 2.60. The maximum absolute atomic E-state index is 11.4. The minimum atomic E-state index is -0.361. The van der Waals surface area contributed by atoms with Gasteiger partial charge in [-0.2, -0.15) is 0 Å². The molecule has 0 spiro atoms. The smallest absolute Gasteiger partial charge is 0.328 e. The summed E-state index contributed by atoms with van der Waals surface area (Å²) in [6.07, 6.45) is 3.00. The van der Waals surface area contributed by atoms with Crippen molar-refractivity contribution in [3.63, 3.8) is 0 Å². The molecule has 0 aromatic rings. The number of hydrogen-bond acceptors (Lipinski definition) is 3. The Balaban J connectivity index is 2.65. The van der Waals surface area contributed by atoms with Crippen LogP contribution in [0.1, 0.15) is 32.6 Å². The average molecular weight is 199 g/mol. The highest BCUT2D eigenvalue weighted by atomic mass is 16.5. The number of hydrogen-bond donors (Lipinski definition) is 0. The first-order valence-corrected chi connectivity index (χ1v) is 5.08. The van der Waals surface area contributed by atoms with Gasteiger partial charge >= 0.3 is 5.97 Å². The molecule has 1 amide bonds. The molecule has 1 aliphatic rings. The summed E-state index contributed by atoms with van der Waals surface area (Å²) in [7, 11) is 1.37. The lowest BCUT2D eigenvalue weighted by molar-refractivity contribution is -0.151. The Morgan fingerprint density at radius 1 is 1.64 bits per heavy atom. The van der Waals surface area contributed by atoms with Crippen molar-refractivity contribution in [3.8, 4) is 0 Å². The Labute approximate surface area is 84.2 Å². The van der Waals surface area contributed by atoms with Crippen LogP contribution in [0.25, 0.3) is 0 Å². The minimum Gasteiger partial charge on any atom is -0.467 e. The van der Waals surface area contributed by atoms with Gasteiger partial charge in [0.2, 0.25) is 5.91 Å². The van der Waals surface area contributed by atoms with Crippen LogP contribution in [-0.4, -0.2) is 36.5 Å². The summed E-state index contributed by atoms with van der Waals surface area (Å²) in [5.41, 5.74) is 0. The summed E-state index contributed by atoms with van der Waals surface area (Å²) in [5, 5.41) is 0. The molecule has 0 saturated carbocycles. The van der Waals surface area contributed by atoms with E-state index in [-0.39, 0.29) is 17.9 Å². The zero-order chi connectivity index (χ0) is 10.6. The van der Waals surface area contributed by atoms with Crippen molar-refractivity contribution in [1.82, 2.24) is 4.90 Å². The summed E-state index contributed by atoms with van der Waals surface area (Å²) >= 11 is 0. The van der Waals surface area contributed by atoms with E-state index in [0.717, 1.165) is 12.8 Å². The number of likely N-dealkylation sites (tertiary alicyclic amines) is 1. The van der Waals surface area contributed by atoms with E-state index in [1.807, 2.05) is 6.92 Å². The molecule has 1 saturated heterocycles. The zero-order valence-corrected chi connectivity index (χ0v) is 8.78. The molecule has 1 atom stereocenters. The van der Waals surface area contributed by atoms with Crippen LogP contribution < -0.4 is 0 Å². The Morgan fingerprint density at radius 2 is 2.36 bits per heavy atom. The fraction of sp³-hybridized carbons (Fsp3) is 0.800.